The standard InChI is InChI=1S/C16H25N3O2/c1-18-16(21)14(12-13-8-4-2-5-9-13)19-15(20)10-6-3-7-11-17/h2,4-5,8-9,14H,3,6-7,10-12,17H2,1H3,(H,18,21)(H,19,20)/t14-/m0/s1. The predicted octanol–water partition coefficient (Wildman–Crippen LogP) is 0.979. The van der Waals surface area contributed by atoms with Crippen LogP contribution >= 0.6 is 0 Å². The second kappa shape index (κ2) is 9.94. The summed E-state index contributed by atoms with van der Waals surface area (Å²) in [5, 5.41) is 5.41. The van der Waals surface area contributed by atoms with Crippen LogP contribution in [-0.4, -0.2) is 31.4 Å². The number of benzene rings is 1. The van der Waals surface area contributed by atoms with Crippen LogP contribution in [0.15, 0.2) is 30.3 Å². The Kier molecular flexibility index (Phi) is 8.12. The normalized spacial score (nSPS) is 11.7. The highest BCUT2D eigenvalue weighted by molar-refractivity contribution is 5.87. The lowest BCUT2D eigenvalue weighted by atomic mass is 10.0. The van der Waals surface area contributed by atoms with E-state index in [1.165, 1.54) is 0 Å². The minimum Gasteiger partial charge on any atom is -0.357 e. The smallest absolute Gasteiger partial charge is 0.242 e. The van der Waals surface area contributed by atoms with Gasteiger partial charge in [-0.05, 0) is 24.9 Å². The maximum absolute atomic E-state index is 11.9. The van der Waals surface area contributed by atoms with Gasteiger partial charge in [-0.3, -0.25) is 9.59 Å². The predicted molar refractivity (Wildman–Crippen MR) is 83.7 cm³/mol. The fraction of sp³-hybridized carbons (Fsp3) is 0.500. The summed E-state index contributed by atoms with van der Waals surface area (Å²) in [5.74, 6) is -0.259. The zero-order valence-corrected chi connectivity index (χ0v) is 12.6. The van der Waals surface area contributed by atoms with E-state index in [4.69, 9.17) is 5.73 Å². The summed E-state index contributed by atoms with van der Waals surface area (Å²) in [6.07, 6.45) is 3.59. The number of likely N-dealkylation sites (N-methyl/N-ethyl adjacent to an activating group) is 1. The topological polar surface area (TPSA) is 84.2 Å². The molecular weight excluding hydrogens is 266 g/mol. The number of hydrogen-bond donors (Lipinski definition) is 3. The number of rotatable bonds is 9. The average Bonchev–Trinajstić information content (AvgIpc) is 2.51. The van der Waals surface area contributed by atoms with Crippen LogP contribution in [0.1, 0.15) is 31.2 Å². The number of nitrogens with two attached hydrogens (primary N) is 1. The highest BCUT2D eigenvalue weighted by atomic mass is 16.2. The van der Waals surface area contributed by atoms with Crippen LogP contribution in [0.25, 0.3) is 0 Å². The SMILES string of the molecule is CNC(=O)[C@H](Cc1ccccc1)NC(=O)CCCCCN. The molecule has 1 aromatic carbocycles. The third-order valence-corrected chi connectivity index (χ3v) is 3.29. The monoisotopic (exact) mass is 291 g/mol. The van der Waals surface area contributed by atoms with E-state index >= 15 is 0 Å². The molecule has 5 nitrogen and oxygen atoms in total. The molecule has 0 unspecified atom stereocenters. The van der Waals surface area contributed by atoms with Crippen molar-refractivity contribution in [2.75, 3.05) is 13.6 Å². The Labute approximate surface area is 126 Å². The molecule has 0 saturated heterocycles. The van der Waals surface area contributed by atoms with Gasteiger partial charge in [-0.1, -0.05) is 36.8 Å². The summed E-state index contributed by atoms with van der Waals surface area (Å²) in [7, 11) is 1.58. The van der Waals surface area contributed by atoms with Crippen molar-refractivity contribution < 1.29 is 9.59 Å². The molecular formula is C16H25N3O2. The van der Waals surface area contributed by atoms with Crippen molar-refractivity contribution in [2.24, 2.45) is 5.73 Å². The summed E-state index contributed by atoms with van der Waals surface area (Å²) >= 11 is 0. The molecule has 1 aromatic rings. The molecule has 0 fully saturated rings. The Hall–Kier alpha value is -1.88. The first-order valence-electron chi connectivity index (χ1n) is 7.42. The first-order valence-corrected chi connectivity index (χ1v) is 7.42. The molecule has 116 valence electrons. The second-order valence-corrected chi connectivity index (χ2v) is 5.02. The Morgan fingerprint density at radius 1 is 1.14 bits per heavy atom. The largest absolute Gasteiger partial charge is 0.357 e. The third-order valence-electron chi connectivity index (χ3n) is 3.29. The van der Waals surface area contributed by atoms with Gasteiger partial charge in [0.1, 0.15) is 6.04 Å². The van der Waals surface area contributed by atoms with E-state index in [9.17, 15) is 9.59 Å². The number of nitrogens with one attached hydrogen (secondary N) is 2. The highest BCUT2D eigenvalue weighted by Gasteiger charge is 2.19. The van der Waals surface area contributed by atoms with Gasteiger partial charge in [0.2, 0.25) is 11.8 Å². The molecule has 0 aliphatic heterocycles. The average molecular weight is 291 g/mol. The minimum atomic E-state index is -0.528. The van der Waals surface area contributed by atoms with Crippen molar-refractivity contribution in [1.82, 2.24) is 10.6 Å². The summed E-state index contributed by atoms with van der Waals surface area (Å²) in [5.41, 5.74) is 6.44. The summed E-state index contributed by atoms with van der Waals surface area (Å²) in [6.45, 7) is 0.649. The highest BCUT2D eigenvalue weighted by Crippen LogP contribution is 2.05. The second-order valence-electron chi connectivity index (χ2n) is 5.02. The lowest BCUT2D eigenvalue weighted by molar-refractivity contribution is -0.128. The van der Waals surface area contributed by atoms with Crippen molar-refractivity contribution >= 4 is 11.8 Å². The van der Waals surface area contributed by atoms with Gasteiger partial charge in [-0.25, -0.2) is 0 Å². The van der Waals surface area contributed by atoms with Gasteiger partial charge in [0, 0.05) is 19.9 Å². The Morgan fingerprint density at radius 2 is 1.86 bits per heavy atom. The van der Waals surface area contributed by atoms with Crippen molar-refractivity contribution in [3.63, 3.8) is 0 Å². The minimum absolute atomic E-state index is 0.0865. The molecule has 1 atom stereocenters. The third kappa shape index (κ3) is 6.90. The van der Waals surface area contributed by atoms with E-state index in [2.05, 4.69) is 10.6 Å². The van der Waals surface area contributed by atoms with Gasteiger partial charge in [0.05, 0.1) is 0 Å². The number of hydrogen-bond acceptors (Lipinski definition) is 3. The van der Waals surface area contributed by atoms with Crippen LogP contribution in [-0.2, 0) is 16.0 Å². The Morgan fingerprint density at radius 3 is 2.48 bits per heavy atom. The number of unbranched alkanes of at least 4 members (excludes halogenated alkanes) is 2. The molecule has 21 heavy (non-hydrogen) atoms. The van der Waals surface area contributed by atoms with Gasteiger partial charge in [0.15, 0.2) is 0 Å². The summed E-state index contributed by atoms with van der Waals surface area (Å²) in [4.78, 5) is 23.8. The van der Waals surface area contributed by atoms with Crippen molar-refractivity contribution in [3.05, 3.63) is 35.9 Å². The number of carbonyl (C=O) groups is 2. The zero-order chi connectivity index (χ0) is 15.5. The van der Waals surface area contributed by atoms with Gasteiger partial charge in [0.25, 0.3) is 0 Å². The van der Waals surface area contributed by atoms with Crippen molar-refractivity contribution in [1.29, 1.82) is 0 Å². The molecule has 0 aromatic heterocycles. The van der Waals surface area contributed by atoms with Crippen LogP contribution < -0.4 is 16.4 Å². The molecule has 0 heterocycles. The van der Waals surface area contributed by atoms with Crippen molar-refractivity contribution in [2.45, 2.75) is 38.1 Å². The molecule has 2 amide bonds. The molecule has 0 spiro atoms. The van der Waals surface area contributed by atoms with Crippen LogP contribution in [0, 0.1) is 0 Å². The number of amides is 2. The maximum Gasteiger partial charge on any atom is 0.242 e. The van der Waals surface area contributed by atoms with Gasteiger partial charge >= 0.3 is 0 Å². The van der Waals surface area contributed by atoms with Crippen LogP contribution in [0.4, 0.5) is 0 Å². The molecule has 4 N–H and O–H groups in total. The van der Waals surface area contributed by atoms with E-state index in [-0.39, 0.29) is 11.8 Å². The molecule has 0 bridgehead atoms. The lowest BCUT2D eigenvalue weighted by Gasteiger charge is -2.17. The Bertz CT molecular complexity index is 434. The summed E-state index contributed by atoms with van der Waals surface area (Å²) in [6, 6.07) is 9.14. The fourth-order valence-corrected chi connectivity index (χ4v) is 2.11. The summed E-state index contributed by atoms with van der Waals surface area (Å²) < 4.78 is 0. The van der Waals surface area contributed by atoms with Gasteiger partial charge < -0.3 is 16.4 Å². The van der Waals surface area contributed by atoms with E-state index in [0.29, 0.717) is 19.4 Å². The first-order chi connectivity index (χ1) is 10.2. The Balaban J connectivity index is 2.50. The quantitative estimate of drug-likeness (QED) is 0.593. The zero-order valence-electron chi connectivity index (χ0n) is 12.6. The van der Waals surface area contributed by atoms with Crippen LogP contribution in [0.5, 0.6) is 0 Å². The molecule has 0 aliphatic rings. The van der Waals surface area contributed by atoms with Crippen LogP contribution in [0.3, 0.4) is 0 Å². The molecule has 0 aliphatic carbocycles. The van der Waals surface area contributed by atoms with E-state index in [1.54, 1.807) is 7.05 Å². The maximum atomic E-state index is 11.9. The molecule has 0 saturated carbocycles. The van der Waals surface area contributed by atoms with Crippen molar-refractivity contribution in [3.8, 4) is 0 Å². The number of carbonyl (C=O) groups excluding carboxylic acids is 2. The van der Waals surface area contributed by atoms with E-state index in [1.807, 2.05) is 30.3 Å². The molecule has 5 heteroatoms. The van der Waals surface area contributed by atoms with Crippen LogP contribution in [0.2, 0.25) is 0 Å². The van der Waals surface area contributed by atoms with E-state index in [0.717, 1.165) is 24.8 Å². The first kappa shape index (κ1) is 17.2. The van der Waals surface area contributed by atoms with Gasteiger partial charge in [-0.15, -0.1) is 0 Å². The molecule has 1 rings (SSSR count). The van der Waals surface area contributed by atoms with Gasteiger partial charge in [-0.2, -0.15) is 0 Å². The van der Waals surface area contributed by atoms with E-state index < -0.39 is 6.04 Å². The fourth-order valence-electron chi connectivity index (χ4n) is 2.11. The lowest BCUT2D eigenvalue weighted by Crippen LogP contribution is -2.47. The molecule has 0 radical (unpaired) electrons.